The summed E-state index contributed by atoms with van der Waals surface area (Å²) in [5.74, 6) is -0.168. The van der Waals surface area contributed by atoms with E-state index in [1.54, 1.807) is 7.05 Å². The summed E-state index contributed by atoms with van der Waals surface area (Å²) in [7, 11) is 1.65. The Kier molecular flexibility index (Phi) is 5.85. The van der Waals surface area contributed by atoms with Gasteiger partial charge in [0.25, 0.3) is 5.91 Å². The number of nitrogens with zero attached hydrogens (tertiary/aromatic N) is 3. The summed E-state index contributed by atoms with van der Waals surface area (Å²) >= 11 is 0. The van der Waals surface area contributed by atoms with Gasteiger partial charge in [-0.15, -0.1) is 0 Å². The fourth-order valence-corrected chi connectivity index (χ4v) is 4.77. The molecule has 7 heteroatoms. The summed E-state index contributed by atoms with van der Waals surface area (Å²) in [6, 6.07) is 3.71. The number of hydrogen-bond acceptors (Lipinski definition) is 4. The number of fused-ring (bicyclic) bond motifs is 1. The van der Waals surface area contributed by atoms with Crippen LogP contribution in [0.2, 0.25) is 0 Å². The normalized spacial score (nSPS) is 19.3. The Morgan fingerprint density at radius 2 is 1.90 bits per heavy atom. The molecule has 2 aromatic heterocycles. The van der Waals surface area contributed by atoms with Crippen molar-refractivity contribution in [2.24, 2.45) is 0 Å². The van der Waals surface area contributed by atoms with Crippen LogP contribution in [0, 0.1) is 0 Å². The molecule has 0 radical (unpaired) electrons. The number of hydrogen-bond donors (Lipinski definition) is 2. The lowest BCUT2D eigenvalue weighted by atomic mass is 9.79. The summed E-state index contributed by atoms with van der Waals surface area (Å²) < 4.78 is 1.94. The Morgan fingerprint density at radius 3 is 2.62 bits per heavy atom. The number of carbonyl (C=O) groups is 2. The van der Waals surface area contributed by atoms with Crippen molar-refractivity contribution in [2.75, 3.05) is 20.1 Å². The third kappa shape index (κ3) is 4.45. The Balaban J connectivity index is 1.56. The summed E-state index contributed by atoms with van der Waals surface area (Å²) in [5, 5.41) is 5.93. The average Bonchev–Trinajstić information content (AvgIpc) is 3.37. The van der Waals surface area contributed by atoms with Crippen molar-refractivity contribution in [3.05, 3.63) is 35.8 Å². The lowest BCUT2D eigenvalue weighted by Crippen LogP contribution is -2.52. The molecule has 3 heterocycles. The van der Waals surface area contributed by atoms with Crippen LogP contribution < -0.4 is 10.6 Å². The average molecular weight is 398 g/mol. The number of nitrogens with one attached hydrogen (secondary N) is 2. The molecule has 0 unspecified atom stereocenters. The van der Waals surface area contributed by atoms with Gasteiger partial charge in [-0.05, 0) is 50.9 Å². The molecule has 2 aliphatic rings. The van der Waals surface area contributed by atoms with Crippen LogP contribution in [0.4, 0.5) is 0 Å². The molecule has 0 spiro atoms. The van der Waals surface area contributed by atoms with Gasteiger partial charge in [0.15, 0.2) is 0 Å². The maximum absolute atomic E-state index is 13.2. The second-order valence-corrected chi connectivity index (χ2v) is 8.51. The molecule has 1 aliphatic carbocycles. The number of aromatic nitrogens is 2. The molecular weight excluding hydrogens is 366 g/mol. The fourth-order valence-electron chi connectivity index (χ4n) is 4.77. The van der Waals surface area contributed by atoms with Crippen LogP contribution in [0.25, 0.3) is 5.65 Å². The Labute approximate surface area is 171 Å². The molecule has 7 nitrogen and oxygen atoms in total. The molecule has 1 saturated heterocycles. The zero-order chi connectivity index (χ0) is 20.3. The van der Waals surface area contributed by atoms with E-state index in [0.717, 1.165) is 57.4 Å². The van der Waals surface area contributed by atoms with E-state index in [1.165, 1.54) is 12.8 Å². The van der Waals surface area contributed by atoms with Gasteiger partial charge in [0.1, 0.15) is 5.65 Å². The zero-order valence-electron chi connectivity index (χ0n) is 17.2. The van der Waals surface area contributed by atoms with E-state index in [9.17, 15) is 9.59 Å². The Bertz CT molecular complexity index is 878. The van der Waals surface area contributed by atoms with Gasteiger partial charge in [-0.25, -0.2) is 4.98 Å². The number of likely N-dealkylation sites (tertiary alicyclic amines) is 1. The lowest BCUT2D eigenvalue weighted by Gasteiger charge is -2.37. The van der Waals surface area contributed by atoms with E-state index in [-0.39, 0.29) is 11.8 Å². The van der Waals surface area contributed by atoms with Crippen LogP contribution in [-0.2, 0) is 11.3 Å². The molecule has 1 saturated carbocycles. The topological polar surface area (TPSA) is 78.7 Å². The molecule has 2 fully saturated rings. The number of carbonyl (C=O) groups excluding carboxylic acids is 2. The number of pyridine rings is 1. The summed E-state index contributed by atoms with van der Waals surface area (Å²) in [6.07, 6.45) is 11.7. The minimum Gasteiger partial charge on any atom is -0.359 e. The van der Waals surface area contributed by atoms with Gasteiger partial charge in [0.2, 0.25) is 5.91 Å². The molecule has 0 atom stereocenters. The summed E-state index contributed by atoms with van der Waals surface area (Å²) in [5.41, 5.74) is 1.78. The third-order valence-corrected chi connectivity index (χ3v) is 6.33. The van der Waals surface area contributed by atoms with Crippen LogP contribution in [0.5, 0.6) is 0 Å². The van der Waals surface area contributed by atoms with Crippen molar-refractivity contribution in [1.82, 2.24) is 24.9 Å². The Morgan fingerprint density at radius 1 is 1.14 bits per heavy atom. The smallest absolute Gasteiger partial charge is 0.255 e. The molecule has 4 rings (SSSR count). The van der Waals surface area contributed by atoms with Crippen LogP contribution in [0.15, 0.2) is 24.5 Å². The van der Waals surface area contributed by atoms with Gasteiger partial charge in [0, 0.05) is 37.9 Å². The SMILES string of the molecule is CNC(=O)CC1(NC(=O)c2cccn3cc(CN4CCCC4)nc23)CCCCC1. The number of rotatable bonds is 6. The maximum atomic E-state index is 13.2. The second-order valence-electron chi connectivity index (χ2n) is 8.51. The first-order chi connectivity index (χ1) is 14.1. The number of imidazole rings is 1. The molecular formula is C22H31N5O2. The van der Waals surface area contributed by atoms with Crippen molar-refractivity contribution < 1.29 is 9.59 Å². The van der Waals surface area contributed by atoms with E-state index in [1.807, 2.05) is 28.9 Å². The van der Waals surface area contributed by atoms with Gasteiger partial charge in [-0.3, -0.25) is 14.5 Å². The van der Waals surface area contributed by atoms with Gasteiger partial charge < -0.3 is 15.0 Å². The highest BCUT2D eigenvalue weighted by molar-refractivity contribution is 6.00. The van der Waals surface area contributed by atoms with E-state index in [4.69, 9.17) is 4.98 Å². The largest absolute Gasteiger partial charge is 0.359 e. The monoisotopic (exact) mass is 397 g/mol. The predicted molar refractivity (Wildman–Crippen MR) is 112 cm³/mol. The standard InChI is InChI=1S/C22H31N5O2/c1-23-19(28)14-22(9-3-2-4-10-22)25-21(29)18-8-7-13-27-16-17(24-20(18)27)15-26-11-5-6-12-26/h7-8,13,16H,2-6,9-12,14-15H2,1H3,(H,23,28)(H,25,29). The second kappa shape index (κ2) is 8.53. The first-order valence-corrected chi connectivity index (χ1v) is 10.8. The van der Waals surface area contributed by atoms with Gasteiger partial charge in [-0.2, -0.15) is 0 Å². The van der Waals surface area contributed by atoms with Crippen LogP contribution in [0.1, 0.15) is 67.4 Å². The third-order valence-electron chi connectivity index (χ3n) is 6.33. The lowest BCUT2D eigenvalue weighted by molar-refractivity contribution is -0.122. The van der Waals surface area contributed by atoms with Gasteiger partial charge in [-0.1, -0.05) is 19.3 Å². The molecule has 2 aromatic rings. The molecule has 29 heavy (non-hydrogen) atoms. The maximum Gasteiger partial charge on any atom is 0.255 e. The minimum atomic E-state index is -0.465. The Hall–Kier alpha value is -2.41. The molecule has 0 aromatic carbocycles. The quantitative estimate of drug-likeness (QED) is 0.785. The van der Waals surface area contributed by atoms with Crippen LogP contribution in [-0.4, -0.2) is 51.8 Å². The first-order valence-electron chi connectivity index (χ1n) is 10.8. The van der Waals surface area contributed by atoms with Crippen molar-refractivity contribution in [3.8, 4) is 0 Å². The van der Waals surface area contributed by atoms with Crippen LogP contribution in [0.3, 0.4) is 0 Å². The minimum absolute atomic E-state index is 0.0286. The molecule has 156 valence electrons. The first kappa shape index (κ1) is 19.9. The molecule has 2 N–H and O–H groups in total. The van der Waals surface area contributed by atoms with Crippen molar-refractivity contribution in [2.45, 2.75) is 63.5 Å². The zero-order valence-corrected chi connectivity index (χ0v) is 17.2. The molecule has 1 aliphatic heterocycles. The van der Waals surface area contributed by atoms with E-state index < -0.39 is 5.54 Å². The molecule has 2 amide bonds. The highest BCUT2D eigenvalue weighted by Gasteiger charge is 2.36. The summed E-state index contributed by atoms with van der Waals surface area (Å²) in [4.78, 5) is 32.5. The van der Waals surface area contributed by atoms with Crippen molar-refractivity contribution >= 4 is 17.5 Å². The van der Waals surface area contributed by atoms with E-state index >= 15 is 0 Å². The highest BCUT2D eigenvalue weighted by atomic mass is 16.2. The van der Waals surface area contributed by atoms with Gasteiger partial charge in [0.05, 0.1) is 11.3 Å². The highest BCUT2D eigenvalue weighted by Crippen LogP contribution is 2.31. The van der Waals surface area contributed by atoms with E-state index in [2.05, 4.69) is 15.5 Å². The van der Waals surface area contributed by atoms with Crippen molar-refractivity contribution in [1.29, 1.82) is 0 Å². The van der Waals surface area contributed by atoms with Crippen LogP contribution >= 0.6 is 0 Å². The fraction of sp³-hybridized carbons (Fsp3) is 0.591. The predicted octanol–water partition coefficient (Wildman–Crippen LogP) is 2.50. The van der Waals surface area contributed by atoms with E-state index in [0.29, 0.717) is 17.6 Å². The van der Waals surface area contributed by atoms with Gasteiger partial charge >= 0.3 is 0 Å². The summed E-state index contributed by atoms with van der Waals surface area (Å²) in [6.45, 7) is 3.05. The number of amides is 2. The van der Waals surface area contributed by atoms with Crippen molar-refractivity contribution in [3.63, 3.8) is 0 Å². The molecule has 0 bridgehead atoms.